The number of fused-ring (bicyclic) bond motifs is 3. The van der Waals surface area contributed by atoms with Crippen molar-refractivity contribution in [2.24, 2.45) is 4.99 Å². The van der Waals surface area contributed by atoms with E-state index in [0.717, 1.165) is 52.3 Å². The topological polar surface area (TPSA) is 77.0 Å². The first kappa shape index (κ1) is 23.6. The van der Waals surface area contributed by atoms with Crippen LogP contribution in [0.3, 0.4) is 0 Å². The molecule has 168 valence electrons. The molecule has 0 amide bonds. The molecule has 2 aromatic carbocycles. The van der Waals surface area contributed by atoms with Crippen molar-refractivity contribution in [2.75, 3.05) is 14.2 Å². The lowest BCUT2D eigenvalue weighted by molar-refractivity contribution is 0.134. The SMILES string of the molecule is CNS(=O)(=O)c1cccc(C2=NC(C)(C)Cc3cc(OC)c4c(c32)CC(C)(C)O4)c1.Cl. The minimum Gasteiger partial charge on any atom is -0.493 e. The van der Waals surface area contributed by atoms with E-state index in [0.29, 0.717) is 0 Å². The van der Waals surface area contributed by atoms with Gasteiger partial charge in [-0.2, -0.15) is 0 Å². The molecule has 6 nitrogen and oxygen atoms in total. The van der Waals surface area contributed by atoms with E-state index in [1.54, 1.807) is 25.3 Å². The lowest BCUT2D eigenvalue weighted by Gasteiger charge is -2.31. The zero-order chi connectivity index (χ0) is 21.9. The fraction of sp³-hybridized carbons (Fsp3) is 0.435. The molecule has 0 aliphatic carbocycles. The van der Waals surface area contributed by atoms with Gasteiger partial charge in [-0.25, -0.2) is 13.1 Å². The molecule has 0 bridgehead atoms. The van der Waals surface area contributed by atoms with Gasteiger partial charge in [0, 0.05) is 23.1 Å². The summed E-state index contributed by atoms with van der Waals surface area (Å²) in [5.41, 5.74) is 4.16. The fourth-order valence-electron chi connectivity index (χ4n) is 4.36. The Morgan fingerprint density at radius 1 is 1.13 bits per heavy atom. The van der Waals surface area contributed by atoms with Crippen molar-refractivity contribution in [2.45, 2.75) is 56.6 Å². The van der Waals surface area contributed by atoms with E-state index in [1.807, 2.05) is 12.1 Å². The second-order valence-corrected chi connectivity index (χ2v) is 11.0. The standard InChI is InChI=1S/C23H28N2O4S.ClH/c1-22(2)12-15-11-18(28-6)21-17(13-23(3,4)29-21)19(15)20(25-22)14-8-7-9-16(10-14)30(26,27)24-5;/h7-11,24H,12-13H2,1-6H3;1H. The van der Waals surface area contributed by atoms with Gasteiger partial charge in [0.15, 0.2) is 11.5 Å². The predicted octanol–water partition coefficient (Wildman–Crippen LogP) is 3.91. The number of sulfonamides is 1. The highest BCUT2D eigenvalue weighted by Gasteiger charge is 2.39. The molecule has 0 saturated carbocycles. The normalized spacial score (nSPS) is 18.2. The molecule has 2 aromatic rings. The van der Waals surface area contributed by atoms with Crippen LogP contribution in [-0.4, -0.2) is 39.4 Å². The van der Waals surface area contributed by atoms with Crippen LogP contribution in [-0.2, 0) is 22.9 Å². The van der Waals surface area contributed by atoms with Crippen LogP contribution in [0.15, 0.2) is 40.2 Å². The van der Waals surface area contributed by atoms with Gasteiger partial charge in [0.25, 0.3) is 0 Å². The van der Waals surface area contributed by atoms with Crippen LogP contribution in [0.2, 0.25) is 0 Å². The Morgan fingerprint density at radius 3 is 2.48 bits per heavy atom. The third kappa shape index (κ3) is 4.19. The average Bonchev–Trinajstić information content (AvgIpc) is 3.00. The molecule has 0 atom stereocenters. The van der Waals surface area contributed by atoms with Crippen LogP contribution < -0.4 is 14.2 Å². The summed E-state index contributed by atoms with van der Waals surface area (Å²) in [6.07, 6.45) is 1.50. The number of rotatable bonds is 4. The summed E-state index contributed by atoms with van der Waals surface area (Å²) >= 11 is 0. The number of halogens is 1. The first-order valence-electron chi connectivity index (χ1n) is 10.0. The molecule has 2 aliphatic heterocycles. The second-order valence-electron chi connectivity index (χ2n) is 9.14. The molecule has 0 radical (unpaired) electrons. The predicted molar refractivity (Wildman–Crippen MR) is 125 cm³/mol. The minimum absolute atomic E-state index is 0. The molecule has 8 heteroatoms. The Morgan fingerprint density at radius 2 is 1.84 bits per heavy atom. The second kappa shape index (κ2) is 7.80. The van der Waals surface area contributed by atoms with E-state index in [4.69, 9.17) is 14.5 Å². The van der Waals surface area contributed by atoms with Crippen molar-refractivity contribution in [3.05, 3.63) is 52.6 Å². The molecule has 0 spiro atoms. The number of nitrogens with zero attached hydrogens (tertiary/aromatic N) is 1. The van der Waals surface area contributed by atoms with Crippen LogP contribution in [0.25, 0.3) is 0 Å². The van der Waals surface area contributed by atoms with E-state index in [9.17, 15) is 8.42 Å². The molecule has 0 saturated heterocycles. The summed E-state index contributed by atoms with van der Waals surface area (Å²) in [6.45, 7) is 8.29. The zero-order valence-corrected chi connectivity index (χ0v) is 20.3. The van der Waals surface area contributed by atoms with Crippen LogP contribution in [0.4, 0.5) is 0 Å². The van der Waals surface area contributed by atoms with E-state index in [2.05, 4.69) is 32.4 Å². The van der Waals surface area contributed by atoms with Crippen molar-refractivity contribution < 1.29 is 17.9 Å². The number of ether oxygens (including phenoxy) is 2. The number of hydrogen-bond acceptors (Lipinski definition) is 5. The summed E-state index contributed by atoms with van der Waals surface area (Å²) in [4.78, 5) is 5.28. The maximum absolute atomic E-state index is 12.4. The van der Waals surface area contributed by atoms with Crippen LogP contribution in [0, 0.1) is 0 Å². The number of hydrogen-bond donors (Lipinski definition) is 1. The van der Waals surface area contributed by atoms with Gasteiger partial charge in [-0.1, -0.05) is 12.1 Å². The Bertz CT molecular complexity index is 1170. The maximum Gasteiger partial charge on any atom is 0.240 e. The maximum atomic E-state index is 12.4. The van der Waals surface area contributed by atoms with Gasteiger partial charge in [-0.05, 0) is 64.9 Å². The molecule has 0 fully saturated rings. The molecule has 0 unspecified atom stereocenters. The van der Waals surface area contributed by atoms with Gasteiger partial charge in [-0.3, -0.25) is 4.99 Å². The third-order valence-electron chi connectivity index (χ3n) is 5.59. The molecular weight excluding hydrogens is 436 g/mol. The van der Waals surface area contributed by atoms with E-state index in [1.165, 1.54) is 7.05 Å². The smallest absolute Gasteiger partial charge is 0.240 e. The first-order valence-corrected chi connectivity index (χ1v) is 11.5. The Balaban J connectivity index is 0.00000272. The Kier molecular flexibility index (Phi) is 5.93. The highest BCUT2D eigenvalue weighted by Crippen LogP contribution is 2.47. The molecule has 31 heavy (non-hydrogen) atoms. The van der Waals surface area contributed by atoms with Gasteiger partial charge < -0.3 is 9.47 Å². The van der Waals surface area contributed by atoms with Crippen LogP contribution in [0.1, 0.15) is 49.9 Å². The summed E-state index contributed by atoms with van der Waals surface area (Å²) in [6, 6.07) is 8.99. The van der Waals surface area contributed by atoms with Crippen LogP contribution in [0.5, 0.6) is 11.5 Å². The Hall–Kier alpha value is -2.09. The molecule has 0 aromatic heterocycles. The number of nitrogens with one attached hydrogen (secondary N) is 1. The van der Waals surface area contributed by atoms with Gasteiger partial charge in [0.05, 0.1) is 23.3 Å². The summed E-state index contributed by atoms with van der Waals surface area (Å²) < 4.78 is 39.0. The number of aliphatic imine (C=N–C) groups is 1. The van der Waals surface area contributed by atoms with E-state index >= 15 is 0 Å². The molecule has 2 aliphatic rings. The van der Waals surface area contributed by atoms with Gasteiger partial charge in [0.2, 0.25) is 10.0 Å². The third-order valence-corrected chi connectivity index (χ3v) is 7.00. The quantitative estimate of drug-likeness (QED) is 0.744. The molecule has 4 rings (SSSR count). The zero-order valence-electron chi connectivity index (χ0n) is 18.7. The van der Waals surface area contributed by atoms with Crippen molar-refractivity contribution in [3.8, 4) is 11.5 Å². The largest absolute Gasteiger partial charge is 0.493 e. The van der Waals surface area contributed by atoms with Crippen molar-refractivity contribution in [1.82, 2.24) is 4.72 Å². The molecular formula is C23H29ClN2O4S. The minimum atomic E-state index is -3.56. The van der Waals surface area contributed by atoms with Gasteiger partial charge in [0.1, 0.15) is 5.60 Å². The van der Waals surface area contributed by atoms with Crippen LogP contribution >= 0.6 is 12.4 Å². The lowest BCUT2D eigenvalue weighted by Crippen LogP contribution is -2.31. The highest BCUT2D eigenvalue weighted by atomic mass is 35.5. The number of benzene rings is 2. The molecule has 2 heterocycles. The summed E-state index contributed by atoms with van der Waals surface area (Å²) in [5.74, 6) is 1.49. The Labute approximate surface area is 190 Å². The first-order chi connectivity index (χ1) is 14.0. The van der Waals surface area contributed by atoms with Crippen molar-refractivity contribution in [3.63, 3.8) is 0 Å². The van der Waals surface area contributed by atoms with Gasteiger partial charge in [-0.15, -0.1) is 12.4 Å². The lowest BCUT2D eigenvalue weighted by atomic mass is 9.81. The van der Waals surface area contributed by atoms with Crippen molar-refractivity contribution in [1.29, 1.82) is 0 Å². The molecule has 1 N–H and O–H groups in total. The fourth-order valence-corrected chi connectivity index (χ4v) is 5.13. The summed E-state index contributed by atoms with van der Waals surface area (Å²) in [5, 5.41) is 0. The number of methoxy groups -OCH3 is 1. The van der Waals surface area contributed by atoms with E-state index < -0.39 is 10.0 Å². The average molecular weight is 465 g/mol. The highest BCUT2D eigenvalue weighted by molar-refractivity contribution is 7.89. The van der Waals surface area contributed by atoms with E-state index in [-0.39, 0.29) is 28.4 Å². The van der Waals surface area contributed by atoms with Gasteiger partial charge >= 0.3 is 0 Å². The summed E-state index contributed by atoms with van der Waals surface area (Å²) in [7, 11) is -0.484. The monoisotopic (exact) mass is 464 g/mol. The van der Waals surface area contributed by atoms with Crippen molar-refractivity contribution >= 4 is 28.1 Å².